The normalized spacial score (nSPS) is 39.7. The van der Waals surface area contributed by atoms with Crippen molar-refractivity contribution >= 4 is 11.6 Å². The van der Waals surface area contributed by atoms with Gasteiger partial charge in [-0.1, -0.05) is 31.6 Å². The largest absolute Gasteiger partial charge is 0.393 e. The molecule has 5 rings (SSSR count). The van der Waals surface area contributed by atoms with E-state index in [0.29, 0.717) is 74.0 Å². The third-order valence-corrected chi connectivity index (χ3v) is 13.6. The maximum atomic E-state index is 13.5. The van der Waals surface area contributed by atoms with Gasteiger partial charge >= 0.3 is 0 Å². The maximum Gasteiger partial charge on any atom is 0.150 e. The van der Waals surface area contributed by atoms with Gasteiger partial charge in [-0.05, 0) is 94.8 Å². The van der Waals surface area contributed by atoms with E-state index in [1.807, 2.05) is 0 Å². The average Bonchev–Trinajstić information content (AvgIpc) is 3.15. The molecule has 49 heavy (non-hydrogen) atoms. The highest BCUT2D eigenvalue weighted by atomic mass is 16.5. The van der Waals surface area contributed by atoms with Gasteiger partial charge in [-0.25, -0.2) is 0 Å². The van der Waals surface area contributed by atoms with Crippen LogP contribution in [-0.4, -0.2) is 83.7 Å². The Labute approximate surface area is 295 Å². The fraction of sp³-hybridized carbons (Fsp3) is 0.900. The number of aliphatic hydroxyl groups is 3. The van der Waals surface area contributed by atoms with Crippen LogP contribution in [0.4, 0.5) is 0 Å². The minimum absolute atomic E-state index is 0.0349. The lowest BCUT2D eigenvalue weighted by Gasteiger charge is -2.41. The Morgan fingerprint density at radius 1 is 0.898 bits per heavy atom. The predicted molar refractivity (Wildman–Crippen MR) is 189 cm³/mol. The monoisotopic (exact) mass is 688 g/mol. The van der Waals surface area contributed by atoms with Crippen molar-refractivity contribution in [1.29, 1.82) is 0 Å². The molecule has 4 fully saturated rings. The van der Waals surface area contributed by atoms with Crippen molar-refractivity contribution in [2.24, 2.45) is 53.1 Å². The number of fused-ring (bicyclic) bond motifs is 2. The third-order valence-electron chi connectivity index (χ3n) is 13.6. The van der Waals surface area contributed by atoms with Gasteiger partial charge in [-0.15, -0.1) is 0 Å². The van der Waals surface area contributed by atoms with Crippen LogP contribution in [0.2, 0.25) is 0 Å². The van der Waals surface area contributed by atoms with E-state index in [-0.39, 0.29) is 35.8 Å². The number of rotatable bonds is 14. The molecule has 9 N–H and O–H groups in total. The lowest BCUT2D eigenvalue weighted by molar-refractivity contribution is -0.711. The quantitative estimate of drug-likeness (QED) is 0.120. The standard InChI is InChI=1S/C40H67N3O6/c1-3-26-24-43-40(41)20-28(26)9-14-31(44)13-8-27-11-16-33(37(47)17-12-29-19-39(49-2)38(48)22-34(27)29)36(46)7-5-4-6-25-18-30-10-15-32(45)21-35(30)42-23-25/h25-31,33-36,38-40,42-44,46,48H,3-10,12-15,17-24,41H2,1-2H3/p+2. The zero-order chi connectivity index (χ0) is 34.9. The number of Topliss-reactive ketones (excluding diaryl/α,β-unsaturated/α-hetero) is 2. The van der Waals surface area contributed by atoms with Crippen molar-refractivity contribution in [1.82, 2.24) is 0 Å². The Bertz CT molecular complexity index is 1130. The van der Waals surface area contributed by atoms with Crippen LogP contribution in [0.5, 0.6) is 0 Å². The fourth-order valence-electron chi connectivity index (χ4n) is 10.5. The number of ketones is 2. The van der Waals surface area contributed by atoms with Gasteiger partial charge in [-0.2, -0.15) is 0 Å². The number of carbonyl (C=O) groups is 2. The molecule has 2 aliphatic heterocycles. The molecule has 0 amide bonds. The molecule has 14 atom stereocenters. The van der Waals surface area contributed by atoms with Crippen LogP contribution >= 0.6 is 0 Å². The molecular weight excluding hydrogens is 618 g/mol. The second-order valence-electron chi connectivity index (χ2n) is 16.9. The number of nitrogens with two attached hydrogens (primary N) is 3. The smallest absolute Gasteiger partial charge is 0.150 e. The Morgan fingerprint density at radius 2 is 1.69 bits per heavy atom. The second-order valence-corrected chi connectivity index (χ2v) is 16.9. The Kier molecular flexibility index (Phi) is 15.0. The summed E-state index contributed by atoms with van der Waals surface area (Å²) in [4.78, 5) is 25.4. The maximum absolute atomic E-state index is 13.5. The van der Waals surface area contributed by atoms with E-state index in [4.69, 9.17) is 10.5 Å². The van der Waals surface area contributed by atoms with Gasteiger partial charge in [0.1, 0.15) is 23.7 Å². The third kappa shape index (κ3) is 10.8. The number of piperidine rings is 2. The molecule has 0 spiro atoms. The van der Waals surface area contributed by atoms with Crippen molar-refractivity contribution in [3.05, 3.63) is 0 Å². The number of unbranched alkanes of at least 4 members (excludes halogenated alkanes) is 1. The molecule has 0 aromatic carbocycles. The molecule has 278 valence electrons. The average molecular weight is 688 g/mol. The van der Waals surface area contributed by atoms with E-state index in [2.05, 4.69) is 29.4 Å². The summed E-state index contributed by atoms with van der Waals surface area (Å²) in [5.74, 6) is 9.38. The van der Waals surface area contributed by atoms with Crippen LogP contribution in [0.3, 0.4) is 0 Å². The number of hydrogen-bond donors (Lipinski definition) is 6. The first-order valence-corrected chi connectivity index (χ1v) is 20.2. The van der Waals surface area contributed by atoms with E-state index in [1.165, 1.54) is 6.42 Å². The van der Waals surface area contributed by atoms with Crippen LogP contribution in [-0.2, 0) is 14.3 Å². The Hall–Kier alpha value is -1.38. The molecule has 2 saturated heterocycles. The molecular formula is C40H69N3O6+2. The lowest BCUT2D eigenvalue weighted by Crippen LogP contribution is -2.96. The van der Waals surface area contributed by atoms with E-state index in [0.717, 1.165) is 83.7 Å². The van der Waals surface area contributed by atoms with Gasteiger partial charge in [0.05, 0.1) is 50.0 Å². The molecule has 2 heterocycles. The van der Waals surface area contributed by atoms with Crippen molar-refractivity contribution in [2.75, 3.05) is 20.2 Å². The van der Waals surface area contributed by atoms with Crippen LogP contribution < -0.4 is 16.4 Å². The van der Waals surface area contributed by atoms with Crippen LogP contribution in [0.1, 0.15) is 122 Å². The Balaban J connectivity index is 1.16. The first-order chi connectivity index (χ1) is 23.6. The zero-order valence-corrected chi connectivity index (χ0v) is 30.5. The number of aliphatic hydroxyl groups excluding tert-OH is 3. The summed E-state index contributed by atoms with van der Waals surface area (Å²) in [7, 11) is 1.65. The molecule has 0 radical (unpaired) electrons. The topological polar surface area (TPSA) is 163 Å². The van der Waals surface area contributed by atoms with Crippen molar-refractivity contribution in [3.8, 4) is 11.8 Å². The summed E-state index contributed by atoms with van der Waals surface area (Å²) < 4.78 is 5.64. The number of ether oxygens (including phenoxy) is 1. The minimum atomic E-state index is -0.777. The summed E-state index contributed by atoms with van der Waals surface area (Å²) >= 11 is 0. The number of methoxy groups -OCH3 is 1. The van der Waals surface area contributed by atoms with Crippen molar-refractivity contribution in [3.63, 3.8) is 0 Å². The van der Waals surface area contributed by atoms with Crippen LogP contribution in [0.15, 0.2) is 0 Å². The molecule has 14 unspecified atom stereocenters. The van der Waals surface area contributed by atoms with E-state index in [1.54, 1.807) is 7.11 Å². The predicted octanol–water partition coefficient (Wildman–Crippen LogP) is 2.05. The van der Waals surface area contributed by atoms with Gasteiger partial charge in [0.15, 0.2) is 0 Å². The highest BCUT2D eigenvalue weighted by molar-refractivity contribution is 5.84. The zero-order valence-electron chi connectivity index (χ0n) is 30.5. The van der Waals surface area contributed by atoms with Crippen molar-refractivity contribution in [2.45, 2.75) is 159 Å². The van der Waals surface area contributed by atoms with Gasteiger partial charge in [0.2, 0.25) is 0 Å². The van der Waals surface area contributed by atoms with Crippen LogP contribution in [0.25, 0.3) is 0 Å². The van der Waals surface area contributed by atoms with Gasteiger partial charge < -0.3 is 30.7 Å². The molecule has 9 nitrogen and oxygen atoms in total. The summed E-state index contributed by atoms with van der Waals surface area (Å²) in [5, 5.41) is 38.1. The second kappa shape index (κ2) is 18.9. The summed E-state index contributed by atoms with van der Waals surface area (Å²) in [6, 6.07) is 0.486. The molecule has 3 aliphatic carbocycles. The first-order valence-electron chi connectivity index (χ1n) is 20.2. The highest BCUT2D eigenvalue weighted by Gasteiger charge is 2.42. The van der Waals surface area contributed by atoms with Gasteiger partial charge in [-0.3, -0.25) is 15.3 Å². The molecule has 2 saturated carbocycles. The molecule has 9 heteroatoms. The highest BCUT2D eigenvalue weighted by Crippen LogP contribution is 2.42. The van der Waals surface area contributed by atoms with Gasteiger partial charge in [0, 0.05) is 50.0 Å². The van der Waals surface area contributed by atoms with Gasteiger partial charge in [0.25, 0.3) is 0 Å². The minimum Gasteiger partial charge on any atom is -0.393 e. The Morgan fingerprint density at radius 3 is 2.49 bits per heavy atom. The summed E-state index contributed by atoms with van der Waals surface area (Å²) in [5.41, 5.74) is 6.25. The van der Waals surface area contributed by atoms with E-state index >= 15 is 0 Å². The van der Waals surface area contributed by atoms with E-state index in [9.17, 15) is 24.9 Å². The number of hydrogen-bond acceptors (Lipinski definition) is 7. The number of quaternary nitrogens is 2. The molecule has 0 aromatic heterocycles. The summed E-state index contributed by atoms with van der Waals surface area (Å²) in [6.07, 6.45) is 13.2. The SMILES string of the molecule is CCC1C[NH2+]C(N)CC1CCC(O)CCC1C#CC(C(O)CCCCC2C[NH2+]C3CC(=O)CCC3C2)C(=O)CCC2CC(OC)C(O)CC12. The van der Waals surface area contributed by atoms with Crippen LogP contribution in [0, 0.1) is 59.2 Å². The summed E-state index contributed by atoms with van der Waals surface area (Å²) in [6.45, 7) is 4.41. The molecule has 0 aromatic rings. The fourth-order valence-corrected chi connectivity index (χ4v) is 10.5. The first kappa shape index (κ1) is 38.8. The molecule has 0 bridgehead atoms. The van der Waals surface area contributed by atoms with Crippen molar-refractivity contribution < 1.29 is 40.3 Å². The number of carbonyl (C=O) groups excluding carboxylic acids is 2. The van der Waals surface area contributed by atoms with E-state index < -0.39 is 24.2 Å². The lowest BCUT2D eigenvalue weighted by atomic mass is 9.67. The molecule has 5 aliphatic rings.